The molecule has 0 bridgehead atoms. The topological polar surface area (TPSA) is 88.1 Å². The average Bonchev–Trinajstić information content (AvgIpc) is 2.90. The van der Waals surface area contributed by atoms with Crippen molar-refractivity contribution in [3.8, 4) is 11.5 Å². The minimum Gasteiger partial charge on any atom is -0.489 e. The molecule has 43 heavy (non-hydrogen) atoms. The van der Waals surface area contributed by atoms with Crippen LogP contribution in [-0.4, -0.2) is 42.0 Å². The van der Waals surface area contributed by atoms with Gasteiger partial charge in [-0.3, -0.25) is 9.59 Å². The molecule has 0 aromatic heterocycles. The second-order valence-electron chi connectivity index (χ2n) is 13.6. The number of ketones is 2. The third-order valence-electron chi connectivity index (χ3n) is 7.54. The Bertz CT molecular complexity index is 1400. The molecule has 7 heteroatoms. The van der Waals surface area contributed by atoms with Gasteiger partial charge in [0.15, 0.2) is 18.2 Å². The summed E-state index contributed by atoms with van der Waals surface area (Å²) in [5, 5.41) is 0. The van der Waals surface area contributed by atoms with Crippen molar-refractivity contribution in [3.63, 3.8) is 0 Å². The van der Waals surface area contributed by atoms with Crippen LogP contribution in [0.2, 0.25) is 0 Å². The fourth-order valence-corrected chi connectivity index (χ4v) is 5.81. The van der Waals surface area contributed by atoms with E-state index in [0.717, 1.165) is 41.5 Å². The van der Waals surface area contributed by atoms with Gasteiger partial charge < -0.3 is 18.9 Å². The molecule has 4 rings (SSSR count). The van der Waals surface area contributed by atoms with Crippen LogP contribution in [0.1, 0.15) is 111 Å². The van der Waals surface area contributed by atoms with Crippen LogP contribution in [-0.2, 0) is 40.0 Å². The molecule has 2 aliphatic carbocycles. The summed E-state index contributed by atoms with van der Waals surface area (Å²) in [6, 6.07) is 7.80. The largest absolute Gasteiger partial charge is 0.489 e. The lowest BCUT2D eigenvalue weighted by atomic mass is 9.78. The molecule has 1 unspecified atom stereocenters. The normalized spacial score (nSPS) is 16.7. The van der Waals surface area contributed by atoms with Crippen LogP contribution in [0.25, 0.3) is 0 Å². The molecule has 7 nitrogen and oxygen atoms in total. The minimum atomic E-state index is -0.602. The number of rotatable bonds is 10. The first-order valence-electron chi connectivity index (χ1n) is 15.4. The van der Waals surface area contributed by atoms with E-state index in [1.165, 1.54) is 0 Å². The first-order valence-corrected chi connectivity index (χ1v) is 15.4. The maximum Gasteiger partial charge on any atom is 0.344 e. The van der Waals surface area contributed by atoms with Gasteiger partial charge >= 0.3 is 5.97 Å². The van der Waals surface area contributed by atoms with Gasteiger partial charge in [0.1, 0.15) is 35.1 Å². The van der Waals surface area contributed by atoms with Gasteiger partial charge in [-0.15, -0.1) is 0 Å². The Labute approximate surface area is 255 Å². The SMILES string of the molecule is C=C(COc1cc(CC2CCc3c(OCC(=O)OC(C)(C)C)cc(CC)cc3C2=O)cc2c1CCCC2=O)OC(C)(C)C. The summed E-state index contributed by atoms with van der Waals surface area (Å²) < 4.78 is 23.3. The molecule has 0 aliphatic heterocycles. The predicted molar refractivity (Wildman–Crippen MR) is 166 cm³/mol. The van der Waals surface area contributed by atoms with Gasteiger partial charge in [-0.2, -0.15) is 0 Å². The minimum absolute atomic E-state index is 0.0529. The van der Waals surface area contributed by atoms with Crippen LogP contribution < -0.4 is 9.47 Å². The van der Waals surface area contributed by atoms with Crippen molar-refractivity contribution in [3.05, 3.63) is 70.0 Å². The average molecular weight is 591 g/mol. The van der Waals surface area contributed by atoms with E-state index >= 15 is 0 Å². The van der Waals surface area contributed by atoms with Crippen molar-refractivity contribution >= 4 is 17.5 Å². The molecular formula is C36H46O7. The van der Waals surface area contributed by atoms with E-state index in [2.05, 4.69) is 6.58 Å². The molecule has 2 aromatic carbocycles. The molecule has 0 radical (unpaired) electrons. The zero-order valence-corrected chi connectivity index (χ0v) is 26.8. The molecule has 0 amide bonds. The number of hydrogen-bond acceptors (Lipinski definition) is 7. The standard InChI is InChI=1S/C36H46O7/c1-9-23-16-29-27(31(18-23)41-21-33(38)43-36(6,7)8)14-13-25(34(29)39)15-24-17-28-26(11-10-12-30(28)37)32(19-24)40-20-22(2)42-35(3,4)5/h16-19,25H,2,9-15,20-21H2,1,3-8H3. The van der Waals surface area contributed by atoms with E-state index in [1.807, 2.05) is 72.7 Å². The maximum atomic E-state index is 13.9. The maximum absolute atomic E-state index is 13.9. The molecule has 0 N–H and O–H groups in total. The zero-order valence-electron chi connectivity index (χ0n) is 26.8. The third-order valence-corrected chi connectivity index (χ3v) is 7.54. The van der Waals surface area contributed by atoms with E-state index in [4.69, 9.17) is 18.9 Å². The van der Waals surface area contributed by atoms with Crippen molar-refractivity contribution in [2.75, 3.05) is 13.2 Å². The van der Waals surface area contributed by atoms with E-state index < -0.39 is 11.6 Å². The molecule has 232 valence electrons. The molecule has 0 spiro atoms. The molecule has 0 fully saturated rings. The summed E-state index contributed by atoms with van der Waals surface area (Å²) in [6.45, 7) is 17.3. The fraction of sp³-hybridized carbons (Fsp3) is 0.528. The number of fused-ring (bicyclic) bond motifs is 2. The van der Waals surface area contributed by atoms with E-state index in [0.29, 0.717) is 54.1 Å². The van der Waals surface area contributed by atoms with Gasteiger partial charge in [0.25, 0.3) is 0 Å². The van der Waals surface area contributed by atoms with Crippen molar-refractivity contribution < 1.29 is 33.3 Å². The number of Topliss-reactive ketones (excluding diaryl/α,β-unsaturated/α-hetero) is 2. The number of carbonyl (C=O) groups is 3. The van der Waals surface area contributed by atoms with Crippen LogP contribution in [0.15, 0.2) is 36.6 Å². The number of carbonyl (C=O) groups excluding carboxylic acids is 3. The van der Waals surface area contributed by atoms with Crippen LogP contribution in [0.4, 0.5) is 0 Å². The van der Waals surface area contributed by atoms with Crippen LogP contribution in [0, 0.1) is 5.92 Å². The third kappa shape index (κ3) is 8.49. The smallest absolute Gasteiger partial charge is 0.344 e. The van der Waals surface area contributed by atoms with Gasteiger partial charge in [0.05, 0.1) is 0 Å². The van der Waals surface area contributed by atoms with Crippen molar-refractivity contribution in [2.45, 2.75) is 105 Å². The second-order valence-corrected chi connectivity index (χ2v) is 13.6. The fourth-order valence-electron chi connectivity index (χ4n) is 5.81. The number of aryl methyl sites for hydroxylation is 1. The van der Waals surface area contributed by atoms with Crippen molar-refractivity contribution in [1.82, 2.24) is 0 Å². The molecule has 0 heterocycles. The highest BCUT2D eigenvalue weighted by Gasteiger charge is 2.32. The van der Waals surface area contributed by atoms with Gasteiger partial charge in [0, 0.05) is 34.6 Å². The van der Waals surface area contributed by atoms with Crippen LogP contribution >= 0.6 is 0 Å². The van der Waals surface area contributed by atoms with Crippen LogP contribution in [0.5, 0.6) is 11.5 Å². The lowest BCUT2D eigenvalue weighted by Crippen LogP contribution is -2.28. The Morgan fingerprint density at radius 3 is 2.07 bits per heavy atom. The quantitative estimate of drug-likeness (QED) is 0.214. The van der Waals surface area contributed by atoms with Gasteiger partial charge in [-0.1, -0.05) is 13.5 Å². The number of esters is 1. The lowest BCUT2D eigenvalue weighted by Gasteiger charge is -2.27. The summed E-state index contributed by atoms with van der Waals surface area (Å²) in [7, 11) is 0. The van der Waals surface area contributed by atoms with Crippen LogP contribution in [0.3, 0.4) is 0 Å². The summed E-state index contributed by atoms with van der Waals surface area (Å²) in [6.07, 6.45) is 4.58. The number of hydrogen-bond donors (Lipinski definition) is 0. The molecular weight excluding hydrogens is 544 g/mol. The van der Waals surface area contributed by atoms with E-state index in [9.17, 15) is 14.4 Å². The highest BCUT2D eigenvalue weighted by molar-refractivity contribution is 6.01. The summed E-state index contributed by atoms with van der Waals surface area (Å²) in [4.78, 5) is 39.1. The Balaban J connectivity index is 1.56. The Morgan fingerprint density at radius 1 is 0.814 bits per heavy atom. The second kappa shape index (κ2) is 12.9. The summed E-state index contributed by atoms with van der Waals surface area (Å²) >= 11 is 0. The Kier molecular flexibility index (Phi) is 9.73. The monoisotopic (exact) mass is 590 g/mol. The van der Waals surface area contributed by atoms with E-state index in [-0.39, 0.29) is 36.3 Å². The Morgan fingerprint density at radius 2 is 1.42 bits per heavy atom. The molecule has 0 saturated carbocycles. The van der Waals surface area contributed by atoms with Crippen molar-refractivity contribution in [2.24, 2.45) is 5.92 Å². The summed E-state index contributed by atoms with van der Waals surface area (Å²) in [5.74, 6) is 1.21. The highest BCUT2D eigenvalue weighted by Crippen LogP contribution is 2.37. The van der Waals surface area contributed by atoms with Crippen molar-refractivity contribution in [1.29, 1.82) is 0 Å². The first kappa shape index (κ1) is 32.3. The van der Waals surface area contributed by atoms with Gasteiger partial charge in [-0.05, 0) is 115 Å². The Hall–Kier alpha value is -3.61. The number of benzene rings is 2. The molecule has 2 aromatic rings. The summed E-state index contributed by atoms with van der Waals surface area (Å²) in [5.41, 5.74) is 3.99. The molecule has 1 atom stereocenters. The van der Waals surface area contributed by atoms with Gasteiger partial charge in [-0.25, -0.2) is 4.79 Å². The molecule has 0 saturated heterocycles. The predicted octanol–water partition coefficient (Wildman–Crippen LogP) is 7.18. The molecule has 2 aliphatic rings. The van der Waals surface area contributed by atoms with Gasteiger partial charge in [0.2, 0.25) is 0 Å². The first-order chi connectivity index (χ1) is 20.1. The highest BCUT2D eigenvalue weighted by atomic mass is 16.6. The number of ether oxygens (including phenoxy) is 4. The lowest BCUT2D eigenvalue weighted by molar-refractivity contribution is -0.157. The van der Waals surface area contributed by atoms with E-state index in [1.54, 1.807) is 0 Å². The zero-order chi connectivity index (χ0) is 31.5.